The molecule has 0 aliphatic heterocycles. The van der Waals surface area contributed by atoms with Gasteiger partial charge in [-0.15, -0.1) is 0 Å². The minimum absolute atomic E-state index is 0.0602. The molecule has 5 nitrogen and oxygen atoms in total. The highest BCUT2D eigenvalue weighted by Crippen LogP contribution is 2.36. The van der Waals surface area contributed by atoms with E-state index < -0.39 is 0 Å². The van der Waals surface area contributed by atoms with E-state index in [1.165, 1.54) is 5.56 Å². The summed E-state index contributed by atoms with van der Waals surface area (Å²) in [7, 11) is 0. The van der Waals surface area contributed by atoms with Gasteiger partial charge in [-0.25, -0.2) is 0 Å². The molecule has 5 aromatic rings. The lowest BCUT2D eigenvalue weighted by Crippen LogP contribution is -2.01. The first-order valence-electron chi connectivity index (χ1n) is 12.3. The van der Waals surface area contributed by atoms with Crippen molar-refractivity contribution in [2.24, 2.45) is 4.99 Å². The number of nitrogens with zero attached hydrogens (tertiary/aromatic N) is 3. The third-order valence-electron chi connectivity index (χ3n) is 6.38. The molecule has 182 valence electrons. The van der Waals surface area contributed by atoms with E-state index in [1.54, 1.807) is 24.3 Å². The van der Waals surface area contributed by atoms with Crippen molar-refractivity contribution >= 4 is 17.6 Å². The van der Waals surface area contributed by atoms with Gasteiger partial charge in [0.2, 0.25) is 0 Å². The average molecular weight is 486 g/mol. The zero-order chi connectivity index (χ0) is 25.8. The van der Waals surface area contributed by atoms with Crippen LogP contribution in [0, 0.1) is 10.1 Å². The Hall–Kier alpha value is -4.77. The van der Waals surface area contributed by atoms with Gasteiger partial charge >= 0.3 is 0 Å². The van der Waals surface area contributed by atoms with Crippen molar-refractivity contribution in [1.29, 1.82) is 0 Å². The van der Waals surface area contributed by atoms with Gasteiger partial charge in [0.15, 0.2) is 0 Å². The minimum Gasteiger partial charge on any atom is -0.309 e. The first-order chi connectivity index (χ1) is 18.0. The molecule has 1 aromatic heterocycles. The van der Waals surface area contributed by atoms with Gasteiger partial charge in [-0.2, -0.15) is 0 Å². The molecule has 0 saturated heterocycles. The maximum atomic E-state index is 11.3. The van der Waals surface area contributed by atoms with E-state index in [-0.39, 0.29) is 10.6 Å². The molecule has 0 bridgehead atoms. The highest BCUT2D eigenvalue weighted by molar-refractivity contribution is 5.94. The normalized spacial score (nSPS) is 11.3. The molecule has 0 aliphatic carbocycles. The molecule has 4 aromatic carbocycles. The smallest absolute Gasteiger partial charge is 0.269 e. The first-order valence-corrected chi connectivity index (χ1v) is 12.3. The fraction of sp³-hybridized carbons (Fsp3) is 0.0938. The Balaban J connectivity index is 1.71. The highest BCUT2D eigenvalue weighted by Gasteiger charge is 2.19. The van der Waals surface area contributed by atoms with E-state index in [9.17, 15) is 10.1 Å². The van der Waals surface area contributed by atoms with E-state index in [1.807, 2.05) is 54.7 Å². The predicted molar refractivity (Wildman–Crippen MR) is 151 cm³/mol. The second-order valence-corrected chi connectivity index (χ2v) is 9.18. The van der Waals surface area contributed by atoms with Crippen LogP contribution in [0.5, 0.6) is 0 Å². The zero-order valence-electron chi connectivity index (χ0n) is 20.8. The molecule has 37 heavy (non-hydrogen) atoms. The summed E-state index contributed by atoms with van der Waals surface area (Å²) in [4.78, 5) is 15.7. The molecule has 1 heterocycles. The van der Waals surface area contributed by atoms with Gasteiger partial charge in [0.1, 0.15) is 0 Å². The van der Waals surface area contributed by atoms with Crippen molar-refractivity contribution < 1.29 is 4.92 Å². The van der Waals surface area contributed by atoms with E-state index in [0.717, 1.165) is 39.5 Å². The van der Waals surface area contributed by atoms with E-state index in [4.69, 9.17) is 4.99 Å². The zero-order valence-corrected chi connectivity index (χ0v) is 20.8. The van der Waals surface area contributed by atoms with Crippen molar-refractivity contribution in [1.82, 2.24) is 4.57 Å². The second kappa shape index (κ2) is 10.5. The number of aromatic nitrogens is 1. The van der Waals surface area contributed by atoms with Gasteiger partial charge < -0.3 is 4.57 Å². The number of nitro benzene ring substituents is 1. The summed E-state index contributed by atoms with van der Waals surface area (Å²) >= 11 is 0. The molecular weight excluding hydrogens is 458 g/mol. The van der Waals surface area contributed by atoms with Crippen LogP contribution in [0.1, 0.15) is 30.9 Å². The Labute approximate surface area is 216 Å². The Morgan fingerprint density at radius 2 is 1.38 bits per heavy atom. The van der Waals surface area contributed by atoms with Gasteiger partial charge in [-0.1, -0.05) is 86.6 Å². The average Bonchev–Trinajstić information content (AvgIpc) is 3.32. The quantitative estimate of drug-likeness (QED) is 0.132. The summed E-state index contributed by atoms with van der Waals surface area (Å²) in [5.74, 6) is 0.465. The highest BCUT2D eigenvalue weighted by atomic mass is 16.6. The van der Waals surface area contributed by atoms with Crippen molar-refractivity contribution in [3.63, 3.8) is 0 Å². The molecule has 0 radical (unpaired) electrons. The fourth-order valence-electron chi connectivity index (χ4n) is 4.42. The fourth-order valence-corrected chi connectivity index (χ4v) is 4.42. The summed E-state index contributed by atoms with van der Waals surface area (Å²) in [5, 5.41) is 11.3. The summed E-state index contributed by atoms with van der Waals surface area (Å²) in [6.07, 6.45) is 1.90. The Kier molecular flexibility index (Phi) is 6.77. The van der Waals surface area contributed by atoms with Crippen molar-refractivity contribution in [3.8, 4) is 28.2 Å². The van der Waals surface area contributed by atoms with Crippen LogP contribution in [-0.4, -0.2) is 15.7 Å². The molecule has 0 aliphatic rings. The van der Waals surface area contributed by atoms with Gasteiger partial charge in [-0.05, 0) is 52.9 Å². The molecule has 0 unspecified atom stereocenters. The molecular formula is C32H27N3O2. The van der Waals surface area contributed by atoms with Crippen LogP contribution < -0.4 is 0 Å². The summed E-state index contributed by atoms with van der Waals surface area (Å²) in [5.41, 5.74) is 8.03. The topological polar surface area (TPSA) is 60.4 Å². The molecule has 0 amide bonds. The van der Waals surface area contributed by atoms with Crippen LogP contribution in [0.15, 0.2) is 120 Å². The SMILES string of the molecule is CC(C)c1ccc(N=Cc2cc(-c3ccccc3)n(-c3ccc([N+](=O)[O-])cc3)c2-c2ccccc2)cc1. The number of non-ortho nitro benzene ring substituents is 1. The molecule has 5 heteroatoms. The van der Waals surface area contributed by atoms with Crippen molar-refractivity contribution in [2.45, 2.75) is 19.8 Å². The van der Waals surface area contributed by atoms with E-state index >= 15 is 0 Å². The standard InChI is InChI=1S/C32H27N3O2/c1-23(2)24-13-15-28(16-14-24)33-22-27-21-31(25-9-5-3-6-10-25)34(32(27)26-11-7-4-8-12-26)29-17-19-30(20-18-29)35(36)37/h3-23H,1-2H3. The van der Waals surface area contributed by atoms with Gasteiger partial charge in [0, 0.05) is 29.6 Å². The van der Waals surface area contributed by atoms with Crippen molar-refractivity contribution in [2.75, 3.05) is 0 Å². The molecule has 5 rings (SSSR count). The lowest BCUT2D eigenvalue weighted by molar-refractivity contribution is -0.384. The molecule has 0 N–H and O–H groups in total. The predicted octanol–water partition coefficient (Wildman–Crippen LogP) is 8.59. The van der Waals surface area contributed by atoms with Crippen LogP contribution in [-0.2, 0) is 0 Å². The Morgan fingerprint density at radius 1 is 0.784 bits per heavy atom. The maximum Gasteiger partial charge on any atom is 0.269 e. The number of benzene rings is 4. The maximum absolute atomic E-state index is 11.3. The minimum atomic E-state index is -0.377. The van der Waals surface area contributed by atoms with Crippen LogP contribution in [0.2, 0.25) is 0 Å². The molecule has 0 spiro atoms. The van der Waals surface area contributed by atoms with Crippen LogP contribution in [0.3, 0.4) is 0 Å². The Morgan fingerprint density at radius 3 is 1.95 bits per heavy atom. The van der Waals surface area contributed by atoms with Gasteiger partial charge in [0.05, 0.1) is 22.0 Å². The largest absolute Gasteiger partial charge is 0.309 e. The molecule has 0 saturated carbocycles. The summed E-state index contributed by atoms with van der Waals surface area (Å²) in [6.45, 7) is 4.35. The van der Waals surface area contributed by atoms with E-state index in [0.29, 0.717) is 5.92 Å². The lowest BCUT2D eigenvalue weighted by Gasteiger charge is -2.15. The van der Waals surface area contributed by atoms with Crippen LogP contribution in [0.4, 0.5) is 11.4 Å². The molecule has 0 atom stereocenters. The number of rotatable bonds is 7. The number of nitro groups is 1. The van der Waals surface area contributed by atoms with Gasteiger partial charge in [-0.3, -0.25) is 15.1 Å². The first kappa shape index (κ1) is 23.9. The lowest BCUT2D eigenvalue weighted by atomic mass is 10.0. The third-order valence-corrected chi connectivity index (χ3v) is 6.38. The second-order valence-electron chi connectivity index (χ2n) is 9.18. The van der Waals surface area contributed by atoms with Crippen LogP contribution in [0.25, 0.3) is 28.2 Å². The number of hydrogen-bond donors (Lipinski definition) is 0. The number of aliphatic imine (C=N–C) groups is 1. The monoisotopic (exact) mass is 485 g/mol. The Bertz CT molecular complexity index is 1530. The van der Waals surface area contributed by atoms with Crippen LogP contribution >= 0.6 is 0 Å². The van der Waals surface area contributed by atoms with Gasteiger partial charge in [0.25, 0.3) is 5.69 Å². The third kappa shape index (κ3) is 5.11. The summed E-state index contributed by atoms with van der Waals surface area (Å²) in [6, 6.07) is 37.4. The molecule has 0 fully saturated rings. The van der Waals surface area contributed by atoms with E-state index in [2.05, 4.69) is 60.9 Å². The summed E-state index contributed by atoms with van der Waals surface area (Å²) < 4.78 is 2.15. The number of hydrogen-bond acceptors (Lipinski definition) is 3. The van der Waals surface area contributed by atoms with Crippen molar-refractivity contribution in [3.05, 3.63) is 137 Å².